The van der Waals surface area contributed by atoms with Crippen LogP contribution >= 0.6 is 34.8 Å². The Morgan fingerprint density at radius 1 is 1.21 bits per heavy atom. The van der Waals surface area contributed by atoms with Crippen LogP contribution in [0, 0.1) is 0 Å². The van der Waals surface area contributed by atoms with Crippen molar-refractivity contribution in [3.8, 4) is 0 Å². The van der Waals surface area contributed by atoms with E-state index in [9.17, 15) is 4.79 Å². The van der Waals surface area contributed by atoms with Gasteiger partial charge in [-0.05, 0) is 36.3 Å². The number of rotatable bonds is 2. The maximum absolute atomic E-state index is 10.3. The number of carbonyl (C=O) groups excluding carboxylic acids is 1. The van der Waals surface area contributed by atoms with Gasteiger partial charge in [0, 0.05) is 0 Å². The van der Waals surface area contributed by atoms with E-state index in [1.807, 2.05) is 0 Å². The molecular weight excluding hydrogens is 242 g/mol. The minimum Gasteiger partial charge on any atom is -0.299 e. The molecule has 1 aromatic rings. The van der Waals surface area contributed by atoms with E-state index in [-0.39, 0.29) is 0 Å². The molecule has 0 radical (unpaired) electrons. The van der Waals surface area contributed by atoms with Gasteiger partial charge in [-0.3, -0.25) is 4.79 Å². The molecule has 14 heavy (non-hydrogen) atoms. The van der Waals surface area contributed by atoms with Gasteiger partial charge in [-0.2, -0.15) is 0 Å². The van der Waals surface area contributed by atoms with Crippen molar-refractivity contribution >= 4 is 46.7 Å². The van der Waals surface area contributed by atoms with E-state index in [1.165, 1.54) is 6.08 Å². The van der Waals surface area contributed by atoms with Crippen molar-refractivity contribution < 1.29 is 4.79 Å². The first-order valence-electron chi connectivity index (χ1n) is 3.83. The van der Waals surface area contributed by atoms with Crippen molar-refractivity contribution in [3.05, 3.63) is 38.8 Å². The topological polar surface area (TPSA) is 17.1 Å². The molecule has 0 bridgehead atoms. The van der Waals surface area contributed by atoms with Gasteiger partial charge in [0.25, 0.3) is 0 Å². The molecule has 0 aromatic heterocycles. The normalized spacial score (nSPS) is 11.6. The zero-order valence-electron chi connectivity index (χ0n) is 7.35. The molecule has 0 spiro atoms. The molecule has 0 aliphatic heterocycles. The van der Waals surface area contributed by atoms with Gasteiger partial charge in [-0.25, -0.2) is 0 Å². The lowest BCUT2D eigenvalue weighted by atomic mass is 10.1. The SMILES string of the molecule is C/C(=C/C=O)c1cc(Cl)c(Cl)c(Cl)c1. The zero-order chi connectivity index (χ0) is 10.7. The summed E-state index contributed by atoms with van der Waals surface area (Å²) in [5.41, 5.74) is 1.58. The highest BCUT2D eigenvalue weighted by Crippen LogP contribution is 2.33. The number of benzene rings is 1. The molecule has 0 aliphatic rings. The molecule has 4 heteroatoms. The minimum absolute atomic E-state index is 0.330. The first kappa shape index (κ1) is 11.6. The molecule has 0 unspecified atom stereocenters. The largest absolute Gasteiger partial charge is 0.299 e. The molecule has 1 rings (SSSR count). The Morgan fingerprint density at radius 3 is 2.14 bits per heavy atom. The van der Waals surface area contributed by atoms with Gasteiger partial charge in [0.2, 0.25) is 0 Å². The lowest BCUT2D eigenvalue weighted by Crippen LogP contribution is -1.82. The van der Waals surface area contributed by atoms with Crippen LogP contribution in [0.25, 0.3) is 5.57 Å². The van der Waals surface area contributed by atoms with Gasteiger partial charge >= 0.3 is 0 Å². The molecule has 0 N–H and O–H groups in total. The van der Waals surface area contributed by atoms with Crippen LogP contribution in [0.3, 0.4) is 0 Å². The van der Waals surface area contributed by atoms with Crippen molar-refractivity contribution in [1.82, 2.24) is 0 Å². The van der Waals surface area contributed by atoms with Crippen molar-refractivity contribution in [1.29, 1.82) is 0 Å². The van der Waals surface area contributed by atoms with Crippen LogP contribution in [0.4, 0.5) is 0 Å². The van der Waals surface area contributed by atoms with Gasteiger partial charge in [-0.15, -0.1) is 0 Å². The Labute approximate surface area is 97.3 Å². The van der Waals surface area contributed by atoms with Crippen LogP contribution < -0.4 is 0 Å². The highest BCUT2D eigenvalue weighted by Gasteiger charge is 2.06. The van der Waals surface area contributed by atoms with Gasteiger partial charge < -0.3 is 0 Å². The predicted octanol–water partition coefficient (Wildman–Crippen LogP) is 4.25. The lowest BCUT2D eigenvalue weighted by Gasteiger charge is -2.04. The van der Waals surface area contributed by atoms with Crippen molar-refractivity contribution in [2.24, 2.45) is 0 Å². The van der Waals surface area contributed by atoms with E-state index in [1.54, 1.807) is 19.1 Å². The quantitative estimate of drug-likeness (QED) is 0.435. The number of hydrogen-bond donors (Lipinski definition) is 0. The monoisotopic (exact) mass is 248 g/mol. The van der Waals surface area contributed by atoms with Gasteiger partial charge in [0.1, 0.15) is 6.29 Å². The lowest BCUT2D eigenvalue weighted by molar-refractivity contribution is -0.104. The van der Waals surface area contributed by atoms with Gasteiger partial charge in [0.05, 0.1) is 15.1 Å². The third-order valence-electron chi connectivity index (χ3n) is 1.76. The Balaban J connectivity index is 3.25. The van der Waals surface area contributed by atoms with E-state index in [4.69, 9.17) is 34.8 Å². The van der Waals surface area contributed by atoms with Crippen molar-refractivity contribution in [3.63, 3.8) is 0 Å². The second-order valence-electron chi connectivity index (χ2n) is 2.74. The van der Waals surface area contributed by atoms with E-state index in [0.29, 0.717) is 21.4 Å². The number of halogens is 3. The highest BCUT2D eigenvalue weighted by atomic mass is 35.5. The predicted molar refractivity (Wildman–Crippen MR) is 61.2 cm³/mol. The Morgan fingerprint density at radius 2 is 1.71 bits per heavy atom. The van der Waals surface area contributed by atoms with E-state index in [2.05, 4.69) is 0 Å². The number of allylic oxidation sites excluding steroid dienone is 2. The summed E-state index contributed by atoms with van der Waals surface area (Å²) in [5, 5.41) is 1.09. The summed E-state index contributed by atoms with van der Waals surface area (Å²) in [6, 6.07) is 3.34. The van der Waals surface area contributed by atoms with Crippen molar-refractivity contribution in [2.75, 3.05) is 0 Å². The summed E-state index contributed by atoms with van der Waals surface area (Å²) in [5.74, 6) is 0. The van der Waals surface area contributed by atoms with Crippen LogP contribution in [-0.2, 0) is 4.79 Å². The number of hydrogen-bond acceptors (Lipinski definition) is 1. The van der Waals surface area contributed by atoms with E-state index < -0.39 is 0 Å². The first-order valence-corrected chi connectivity index (χ1v) is 4.96. The summed E-state index contributed by atoms with van der Waals surface area (Å²) in [4.78, 5) is 10.3. The molecule has 0 aliphatic carbocycles. The standard InChI is InChI=1S/C10H7Cl3O/c1-6(2-3-14)7-4-8(11)10(13)9(12)5-7/h2-5H,1H3/b6-2-. The van der Waals surface area contributed by atoms with Crippen LogP contribution in [-0.4, -0.2) is 6.29 Å². The van der Waals surface area contributed by atoms with E-state index in [0.717, 1.165) is 11.1 Å². The maximum atomic E-state index is 10.3. The van der Waals surface area contributed by atoms with Gasteiger partial charge in [-0.1, -0.05) is 34.8 Å². The van der Waals surface area contributed by atoms with Crippen LogP contribution in [0.15, 0.2) is 18.2 Å². The summed E-state index contributed by atoms with van der Waals surface area (Å²) >= 11 is 17.4. The Kier molecular flexibility index (Phi) is 3.99. The third kappa shape index (κ3) is 2.50. The molecule has 0 saturated heterocycles. The first-order chi connectivity index (χ1) is 6.56. The summed E-state index contributed by atoms with van der Waals surface area (Å²) in [6.45, 7) is 1.80. The van der Waals surface area contributed by atoms with Crippen LogP contribution in [0.5, 0.6) is 0 Å². The zero-order valence-corrected chi connectivity index (χ0v) is 9.62. The number of aldehydes is 1. The summed E-state index contributed by atoms with van der Waals surface area (Å²) in [6.07, 6.45) is 2.15. The summed E-state index contributed by atoms with van der Waals surface area (Å²) in [7, 11) is 0. The average molecular weight is 250 g/mol. The second-order valence-corrected chi connectivity index (χ2v) is 3.93. The highest BCUT2D eigenvalue weighted by molar-refractivity contribution is 6.48. The summed E-state index contributed by atoms with van der Waals surface area (Å²) < 4.78 is 0. The average Bonchev–Trinajstić information content (AvgIpc) is 2.13. The van der Waals surface area contributed by atoms with E-state index >= 15 is 0 Å². The molecule has 1 nitrogen and oxygen atoms in total. The number of carbonyl (C=O) groups is 1. The molecule has 0 heterocycles. The molecule has 0 fully saturated rings. The van der Waals surface area contributed by atoms with Gasteiger partial charge in [0.15, 0.2) is 0 Å². The van der Waals surface area contributed by atoms with Crippen LogP contribution in [0.1, 0.15) is 12.5 Å². The maximum Gasteiger partial charge on any atom is 0.143 e. The smallest absolute Gasteiger partial charge is 0.143 e. The Hall–Kier alpha value is -0.500. The fourth-order valence-corrected chi connectivity index (χ4v) is 1.58. The molecule has 74 valence electrons. The molecule has 0 atom stereocenters. The third-order valence-corrected chi connectivity index (χ3v) is 2.95. The molecule has 0 amide bonds. The Bertz CT molecular complexity index is 373. The molecule has 1 aromatic carbocycles. The van der Waals surface area contributed by atoms with Crippen molar-refractivity contribution in [2.45, 2.75) is 6.92 Å². The fourth-order valence-electron chi connectivity index (χ4n) is 0.981. The fraction of sp³-hybridized carbons (Fsp3) is 0.100. The second kappa shape index (κ2) is 4.83. The molecular formula is C10H7Cl3O. The minimum atomic E-state index is 0.330. The molecule has 0 saturated carbocycles. The van der Waals surface area contributed by atoms with Crippen LogP contribution in [0.2, 0.25) is 15.1 Å².